The van der Waals surface area contributed by atoms with Crippen LogP contribution in [-0.4, -0.2) is 24.1 Å². The molecule has 0 saturated carbocycles. The summed E-state index contributed by atoms with van der Waals surface area (Å²) in [5, 5.41) is 6.99. The van der Waals surface area contributed by atoms with E-state index in [9.17, 15) is 13.2 Å². The molecule has 0 aliphatic heterocycles. The third-order valence-corrected chi connectivity index (χ3v) is 5.98. The van der Waals surface area contributed by atoms with Crippen LogP contribution in [0.2, 0.25) is 0 Å². The van der Waals surface area contributed by atoms with E-state index >= 15 is 0 Å². The van der Waals surface area contributed by atoms with Crippen LogP contribution in [0.4, 0.5) is 5.69 Å². The van der Waals surface area contributed by atoms with Gasteiger partial charge in [0.1, 0.15) is 0 Å². The lowest BCUT2D eigenvalue weighted by Gasteiger charge is -2.09. The third-order valence-electron chi connectivity index (χ3n) is 4.58. The maximum absolute atomic E-state index is 12.7. The molecule has 4 aromatic rings. The van der Waals surface area contributed by atoms with E-state index in [2.05, 4.69) is 15.1 Å². The number of aromatic nitrogens is 2. The first kappa shape index (κ1) is 20.5. The van der Waals surface area contributed by atoms with Gasteiger partial charge in [0, 0.05) is 12.1 Å². The molecule has 4 rings (SSSR count). The Hall–Kier alpha value is -3.75. The van der Waals surface area contributed by atoms with E-state index in [4.69, 9.17) is 0 Å². The predicted molar refractivity (Wildman–Crippen MR) is 118 cm³/mol. The van der Waals surface area contributed by atoms with Crippen molar-refractivity contribution in [2.24, 2.45) is 0 Å². The monoisotopic (exact) mass is 432 g/mol. The first-order chi connectivity index (χ1) is 15.0. The summed E-state index contributed by atoms with van der Waals surface area (Å²) >= 11 is 0. The van der Waals surface area contributed by atoms with Gasteiger partial charge in [-0.3, -0.25) is 4.79 Å². The fourth-order valence-corrected chi connectivity index (χ4v) is 4.04. The number of carbonyl (C=O) groups is 1. The molecule has 0 saturated heterocycles. The molecular weight excluding hydrogens is 412 g/mol. The van der Waals surface area contributed by atoms with Crippen LogP contribution >= 0.6 is 0 Å². The quantitative estimate of drug-likeness (QED) is 0.467. The lowest BCUT2D eigenvalue weighted by Crippen LogP contribution is -2.23. The molecule has 0 radical (unpaired) electrons. The maximum Gasteiger partial charge on any atom is 0.255 e. The van der Waals surface area contributed by atoms with Crippen molar-refractivity contribution in [1.82, 2.24) is 14.5 Å². The van der Waals surface area contributed by atoms with Gasteiger partial charge in [-0.25, -0.2) is 17.8 Å². The molecule has 1 heterocycles. The zero-order valence-electron chi connectivity index (χ0n) is 16.5. The second-order valence-electron chi connectivity index (χ2n) is 6.80. The van der Waals surface area contributed by atoms with E-state index in [0.717, 1.165) is 11.3 Å². The number of sulfonamides is 1. The van der Waals surface area contributed by atoms with Crippen molar-refractivity contribution < 1.29 is 13.2 Å². The molecule has 0 fully saturated rings. The molecule has 2 N–H and O–H groups in total. The first-order valence-electron chi connectivity index (χ1n) is 9.56. The molecule has 0 spiro atoms. The minimum absolute atomic E-state index is 0.0241. The maximum atomic E-state index is 12.7. The minimum Gasteiger partial charge on any atom is -0.319 e. The Balaban J connectivity index is 1.46. The summed E-state index contributed by atoms with van der Waals surface area (Å²) in [7, 11) is -3.77. The standard InChI is InChI=1S/C23H20N4O3S/c28-23(26-20-16-24-27(17-20)21-11-5-2-6-12-21)19-10-7-13-22(14-19)31(29,30)25-15-18-8-3-1-4-9-18/h1-14,16-17,25H,15H2,(H,26,28). The zero-order chi connectivity index (χ0) is 21.7. The molecule has 7 nitrogen and oxygen atoms in total. The van der Waals surface area contributed by atoms with Crippen LogP contribution in [0.15, 0.2) is 102 Å². The van der Waals surface area contributed by atoms with Crippen molar-refractivity contribution in [3.63, 3.8) is 0 Å². The number of rotatable bonds is 7. The highest BCUT2D eigenvalue weighted by molar-refractivity contribution is 7.89. The largest absolute Gasteiger partial charge is 0.319 e. The number of para-hydroxylation sites is 1. The zero-order valence-corrected chi connectivity index (χ0v) is 17.3. The van der Waals surface area contributed by atoms with Crippen LogP contribution in [-0.2, 0) is 16.6 Å². The lowest BCUT2D eigenvalue weighted by molar-refractivity contribution is 0.102. The van der Waals surface area contributed by atoms with Crippen LogP contribution in [0.1, 0.15) is 15.9 Å². The highest BCUT2D eigenvalue weighted by Gasteiger charge is 2.16. The van der Waals surface area contributed by atoms with Gasteiger partial charge in [0.05, 0.1) is 28.7 Å². The highest BCUT2D eigenvalue weighted by Crippen LogP contribution is 2.16. The van der Waals surface area contributed by atoms with Crippen molar-refractivity contribution in [3.8, 4) is 5.69 Å². The summed E-state index contributed by atoms with van der Waals surface area (Å²) in [6.45, 7) is 0.165. The first-order valence-corrected chi connectivity index (χ1v) is 11.0. The van der Waals surface area contributed by atoms with E-state index in [0.29, 0.717) is 5.69 Å². The van der Waals surface area contributed by atoms with Crippen LogP contribution in [0.3, 0.4) is 0 Å². The topological polar surface area (TPSA) is 93.1 Å². The summed E-state index contributed by atoms with van der Waals surface area (Å²) in [6.07, 6.45) is 3.22. The molecule has 31 heavy (non-hydrogen) atoms. The molecule has 0 aliphatic carbocycles. The smallest absolute Gasteiger partial charge is 0.255 e. The Labute approximate surface area is 180 Å². The number of hydrogen-bond donors (Lipinski definition) is 2. The molecular formula is C23H20N4O3S. The second-order valence-corrected chi connectivity index (χ2v) is 8.57. The van der Waals surface area contributed by atoms with Crippen molar-refractivity contribution in [1.29, 1.82) is 0 Å². The van der Waals surface area contributed by atoms with Gasteiger partial charge < -0.3 is 5.32 Å². The molecule has 1 amide bonds. The minimum atomic E-state index is -3.77. The average molecular weight is 433 g/mol. The van der Waals surface area contributed by atoms with Crippen molar-refractivity contribution in [2.75, 3.05) is 5.32 Å². The number of nitrogens with zero attached hydrogens (tertiary/aromatic N) is 2. The number of carbonyl (C=O) groups excluding carboxylic acids is 1. The van der Waals surface area contributed by atoms with Crippen molar-refractivity contribution in [2.45, 2.75) is 11.4 Å². The van der Waals surface area contributed by atoms with Crippen LogP contribution < -0.4 is 10.0 Å². The van der Waals surface area contributed by atoms with Crippen LogP contribution in [0, 0.1) is 0 Å². The highest BCUT2D eigenvalue weighted by atomic mass is 32.2. The Kier molecular flexibility index (Phi) is 5.92. The van der Waals surface area contributed by atoms with E-state index in [-0.39, 0.29) is 17.0 Å². The van der Waals surface area contributed by atoms with Gasteiger partial charge in [0.2, 0.25) is 10.0 Å². The lowest BCUT2D eigenvalue weighted by atomic mass is 10.2. The Morgan fingerprint density at radius 3 is 2.35 bits per heavy atom. The van der Waals surface area contributed by atoms with Crippen molar-refractivity contribution >= 4 is 21.6 Å². The number of amides is 1. The van der Waals surface area contributed by atoms with Crippen molar-refractivity contribution in [3.05, 3.63) is 108 Å². The predicted octanol–water partition coefficient (Wildman–Crippen LogP) is 3.60. The van der Waals surface area contributed by atoms with Gasteiger partial charge in [-0.15, -0.1) is 0 Å². The SMILES string of the molecule is O=C(Nc1cnn(-c2ccccc2)c1)c1cccc(S(=O)(=O)NCc2ccccc2)c1. The number of anilines is 1. The number of hydrogen-bond acceptors (Lipinski definition) is 4. The fraction of sp³-hybridized carbons (Fsp3) is 0.0435. The average Bonchev–Trinajstić information content (AvgIpc) is 3.28. The summed E-state index contributed by atoms with van der Waals surface area (Å²) in [6, 6.07) is 24.6. The van der Waals surface area contributed by atoms with Gasteiger partial charge in [0.25, 0.3) is 5.91 Å². The summed E-state index contributed by atoms with van der Waals surface area (Å²) in [5.41, 5.74) is 2.44. The normalized spacial score (nSPS) is 11.2. The summed E-state index contributed by atoms with van der Waals surface area (Å²) < 4.78 is 29.5. The van der Waals surface area contributed by atoms with Crippen LogP contribution in [0.25, 0.3) is 5.69 Å². The Bertz CT molecular complexity index is 1290. The molecule has 0 aliphatic rings. The Morgan fingerprint density at radius 1 is 0.903 bits per heavy atom. The molecule has 156 valence electrons. The van der Waals surface area contributed by atoms with E-state index in [1.54, 1.807) is 23.0 Å². The molecule has 0 unspecified atom stereocenters. The summed E-state index contributed by atoms with van der Waals surface area (Å²) in [5.74, 6) is -0.423. The van der Waals surface area contributed by atoms with E-state index < -0.39 is 15.9 Å². The molecule has 3 aromatic carbocycles. The van der Waals surface area contributed by atoms with Gasteiger partial charge >= 0.3 is 0 Å². The molecule has 8 heteroatoms. The van der Waals surface area contributed by atoms with Gasteiger partial charge in [0.15, 0.2) is 0 Å². The van der Waals surface area contributed by atoms with Crippen LogP contribution in [0.5, 0.6) is 0 Å². The fourth-order valence-electron chi connectivity index (χ4n) is 2.97. The van der Waals surface area contributed by atoms with E-state index in [1.165, 1.54) is 18.3 Å². The molecule has 1 aromatic heterocycles. The van der Waals surface area contributed by atoms with Gasteiger partial charge in [-0.05, 0) is 35.9 Å². The number of benzene rings is 3. The van der Waals surface area contributed by atoms with Gasteiger partial charge in [-0.2, -0.15) is 5.10 Å². The summed E-state index contributed by atoms with van der Waals surface area (Å²) in [4.78, 5) is 12.7. The Morgan fingerprint density at radius 2 is 1.61 bits per heavy atom. The molecule has 0 atom stereocenters. The molecule has 0 bridgehead atoms. The van der Waals surface area contributed by atoms with Gasteiger partial charge in [-0.1, -0.05) is 54.6 Å². The second kappa shape index (κ2) is 8.95. The third kappa shape index (κ3) is 5.06. The van der Waals surface area contributed by atoms with E-state index in [1.807, 2.05) is 60.7 Å². The number of nitrogens with one attached hydrogen (secondary N) is 2.